The Morgan fingerprint density at radius 2 is 2.28 bits per heavy atom. The Bertz CT molecular complexity index is 358. The molecule has 1 aromatic heterocycles. The molecule has 0 spiro atoms. The lowest BCUT2D eigenvalue weighted by Crippen LogP contribution is -2.39. The van der Waals surface area contributed by atoms with Crippen molar-refractivity contribution in [2.45, 2.75) is 18.9 Å². The van der Waals surface area contributed by atoms with Gasteiger partial charge in [-0.15, -0.1) is 0 Å². The summed E-state index contributed by atoms with van der Waals surface area (Å²) in [5, 5.41) is 5.79. The second-order valence-corrected chi connectivity index (χ2v) is 4.61. The normalized spacial score (nSPS) is 17.8. The van der Waals surface area contributed by atoms with Gasteiger partial charge in [0.1, 0.15) is 5.76 Å². The van der Waals surface area contributed by atoms with Gasteiger partial charge in [0.15, 0.2) is 0 Å². The van der Waals surface area contributed by atoms with E-state index in [0.29, 0.717) is 13.1 Å². The number of carbonyl (C=O) groups excluding carboxylic acids is 1. The second-order valence-electron chi connectivity index (χ2n) is 4.61. The van der Waals surface area contributed by atoms with E-state index in [-0.39, 0.29) is 11.9 Å². The first-order valence-corrected chi connectivity index (χ1v) is 6.50. The van der Waals surface area contributed by atoms with Crippen molar-refractivity contribution in [3.05, 3.63) is 24.2 Å². The molecule has 1 aliphatic rings. The molecule has 0 saturated carbocycles. The number of furan rings is 1. The van der Waals surface area contributed by atoms with Gasteiger partial charge in [0.25, 0.3) is 0 Å². The van der Waals surface area contributed by atoms with E-state index in [1.54, 1.807) is 13.3 Å². The van der Waals surface area contributed by atoms with E-state index in [1.807, 2.05) is 12.1 Å². The summed E-state index contributed by atoms with van der Waals surface area (Å²) in [5.41, 5.74) is 0. The number of hydrogen-bond acceptors (Lipinski definition) is 4. The number of nitrogens with one attached hydrogen (secondary N) is 2. The molecule has 18 heavy (non-hydrogen) atoms. The lowest BCUT2D eigenvalue weighted by Gasteiger charge is -2.25. The lowest BCUT2D eigenvalue weighted by atomic mass is 10.2. The monoisotopic (exact) mass is 251 g/mol. The van der Waals surface area contributed by atoms with Crippen LogP contribution in [0.1, 0.15) is 24.6 Å². The molecule has 2 N–H and O–H groups in total. The van der Waals surface area contributed by atoms with Crippen LogP contribution < -0.4 is 10.6 Å². The number of hydrogen-bond donors (Lipinski definition) is 2. The summed E-state index contributed by atoms with van der Waals surface area (Å²) in [4.78, 5) is 13.9. The minimum absolute atomic E-state index is 0.0215. The standard InChI is InChI=1S/C13H21N3O2/c1-14-10-13(17)15-9-11(12-5-4-8-18-12)16-6-2-3-7-16/h4-5,8,11,14H,2-3,6-7,9-10H2,1H3,(H,15,17). The van der Waals surface area contributed by atoms with Crippen molar-refractivity contribution in [1.29, 1.82) is 0 Å². The molecule has 1 amide bonds. The molecule has 0 aliphatic carbocycles. The second kappa shape index (κ2) is 6.56. The van der Waals surface area contributed by atoms with Crippen molar-refractivity contribution in [3.8, 4) is 0 Å². The first-order valence-electron chi connectivity index (χ1n) is 6.50. The van der Waals surface area contributed by atoms with Crippen molar-refractivity contribution < 1.29 is 9.21 Å². The number of likely N-dealkylation sites (N-methyl/N-ethyl adjacent to an activating group) is 1. The van der Waals surface area contributed by atoms with Crippen LogP contribution in [-0.2, 0) is 4.79 Å². The van der Waals surface area contributed by atoms with Gasteiger partial charge >= 0.3 is 0 Å². The van der Waals surface area contributed by atoms with E-state index in [0.717, 1.165) is 18.8 Å². The third-order valence-electron chi connectivity index (χ3n) is 3.28. The van der Waals surface area contributed by atoms with Crippen molar-refractivity contribution in [2.24, 2.45) is 0 Å². The maximum absolute atomic E-state index is 11.5. The van der Waals surface area contributed by atoms with E-state index in [2.05, 4.69) is 15.5 Å². The zero-order valence-electron chi connectivity index (χ0n) is 10.8. The molecule has 1 unspecified atom stereocenters. The van der Waals surface area contributed by atoms with Crippen LogP contribution in [0, 0.1) is 0 Å². The molecule has 1 fully saturated rings. The van der Waals surface area contributed by atoms with E-state index >= 15 is 0 Å². The Morgan fingerprint density at radius 1 is 1.50 bits per heavy atom. The summed E-state index contributed by atoms with van der Waals surface area (Å²) in [6, 6.07) is 4.03. The van der Waals surface area contributed by atoms with Crippen molar-refractivity contribution in [1.82, 2.24) is 15.5 Å². The smallest absolute Gasteiger partial charge is 0.234 e. The molecule has 2 rings (SSSR count). The largest absolute Gasteiger partial charge is 0.468 e. The van der Waals surface area contributed by atoms with Gasteiger partial charge in [-0.2, -0.15) is 0 Å². The quantitative estimate of drug-likeness (QED) is 0.783. The highest BCUT2D eigenvalue weighted by molar-refractivity contribution is 5.77. The number of nitrogens with zero attached hydrogens (tertiary/aromatic N) is 1. The molecule has 1 atom stereocenters. The first kappa shape index (κ1) is 13.1. The minimum Gasteiger partial charge on any atom is -0.468 e. The SMILES string of the molecule is CNCC(=O)NCC(c1ccco1)N1CCCC1. The number of likely N-dealkylation sites (tertiary alicyclic amines) is 1. The summed E-state index contributed by atoms with van der Waals surface area (Å²) in [6.45, 7) is 3.11. The van der Waals surface area contributed by atoms with Crippen molar-refractivity contribution >= 4 is 5.91 Å². The third kappa shape index (κ3) is 3.34. The molecule has 1 aliphatic heterocycles. The fraction of sp³-hybridized carbons (Fsp3) is 0.615. The Balaban J connectivity index is 1.94. The van der Waals surface area contributed by atoms with E-state index < -0.39 is 0 Å². The molecule has 2 heterocycles. The van der Waals surface area contributed by atoms with Crippen molar-refractivity contribution in [3.63, 3.8) is 0 Å². The number of rotatable bonds is 6. The van der Waals surface area contributed by atoms with Crippen LogP contribution in [0.3, 0.4) is 0 Å². The molecule has 100 valence electrons. The minimum atomic E-state index is 0.0215. The van der Waals surface area contributed by atoms with E-state index in [4.69, 9.17) is 4.42 Å². The molecule has 5 nitrogen and oxygen atoms in total. The molecular formula is C13H21N3O2. The molecule has 1 saturated heterocycles. The zero-order chi connectivity index (χ0) is 12.8. The average Bonchev–Trinajstić information content (AvgIpc) is 3.02. The Hall–Kier alpha value is -1.33. The molecule has 1 aromatic rings. The van der Waals surface area contributed by atoms with Crippen LogP contribution >= 0.6 is 0 Å². The van der Waals surface area contributed by atoms with Crippen LogP contribution in [0.15, 0.2) is 22.8 Å². The van der Waals surface area contributed by atoms with E-state index in [1.165, 1.54) is 12.8 Å². The van der Waals surface area contributed by atoms with Gasteiger partial charge in [-0.1, -0.05) is 0 Å². The maximum atomic E-state index is 11.5. The summed E-state index contributed by atoms with van der Waals surface area (Å²) in [6.07, 6.45) is 4.14. The average molecular weight is 251 g/mol. The molecule has 0 aromatic carbocycles. The molecule has 5 heteroatoms. The summed E-state index contributed by atoms with van der Waals surface area (Å²) >= 11 is 0. The van der Waals surface area contributed by atoms with E-state index in [9.17, 15) is 4.79 Å². The van der Waals surface area contributed by atoms with Gasteiger partial charge in [-0.05, 0) is 45.1 Å². The molecular weight excluding hydrogens is 230 g/mol. The van der Waals surface area contributed by atoms with Crippen molar-refractivity contribution in [2.75, 3.05) is 33.2 Å². The van der Waals surface area contributed by atoms with Gasteiger partial charge < -0.3 is 15.1 Å². The fourth-order valence-electron chi connectivity index (χ4n) is 2.38. The predicted molar refractivity (Wildman–Crippen MR) is 69.2 cm³/mol. The van der Waals surface area contributed by atoms with Gasteiger partial charge in [0, 0.05) is 6.54 Å². The van der Waals surface area contributed by atoms with Crippen LogP contribution in [0.2, 0.25) is 0 Å². The number of carbonyl (C=O) groups is 1. The highest BCUT2D eigenvalue weighted by atomic mass is 16.3. The summed E-state index contributed by atoms with van der Waals surface area (Å²) < 4.78 is 5.49. The maximum Gasteiger partial charge on any atom is 0.234 e. The van der Waals surface area contributed by atoms with Crippen LogP contribution in [-0.4, -0.2) is 44.0 Å². The van der Waals surface area contributed by atoms with Gasteiger partial charge in [0.05, 0.1) is 18.8 Å². The topological polar surface area (TPSA) is 57.5 Å². The lowest BCUT2D eigenvalue weighted by molar-refractivity contribution is -0.120. The highest BCUT2D eigenvalue weighted by Crippen LogP contribution is 2.24. The fourth-order valence-corrected chi connectivity index (χ4v) is 2.38. The van der Waals surface area contributed by atoms with Gasteiger partial charge in [-0.3, -0.25) is 9.69 Å². The Kier molecular flexibility index (Phi) is 4.78. The summed E-state index contributed by atoms with van der Waals surface area (Å²) in [5.74, 6) is 0.954. The Morgan fingerprint density at radius 3 is 2.89 bits per heavy atom. The van der Waals surface area contributed by atoms with Crippen LogP contribution in [0.5, 0.6) is 0 Å². The van der Waals surface area contributed by atoms with Crippen LogP contribution in [0.4, 0.5) is 0 Å². The number of amides is 1. The highest BCUT2D eigenvalue weighted by Gasteiger charge is 2.25. The molecule has 0 radical (unpaired) electrons. The van der Waals surface area contributed by atoms with Crippen LogP contribution in [0.25, 0.3) is 0 Å². The summed E-state index contributed by atoms with van der Waals surface area (Å²) in [7, 11) is 1.77. The predicted octanol–water partition coefficient (Wildman–Crippen LogP) is 0.752. The first-order chi connectivity index (χ1) is 8.81. The Labute approximate surface area is 108 Å². The molecule has 0 bridgehead atoms. The van der Waals surface area contributed by atoms with Gasteiger partial charge in [0.2, 0.25) is 5.91 Å². The third-order valence-corrected chi connectivity index (χ3v) is 3.28. The zero-order valence-corrected chi connectivity index (χ0v) is 10.8. The van der Waals surface area contributed by atoms with Gasteiger partial charge in [-0.25, -0.2) is 0 Å².